The first kappa shape index (κ1) is 8.06. The Morgan fingerprint density at radius 2 is 2.29 bits per heavy atom. The Morgan fingerprint density at radius 1 is 1.36 bits per heavy atom. The molecule has 0 bridgehead atoms. The van der Waals surface area contributed by atoms with Crippen molar-refractivity contribution < 1.29 is 4.42 Å². The lowest BCUT2D eigenvalue weighted by molar-refractivity contribution is 0.488. The summed E-state index contributed by atoms with van der Waals surface area (Å²) in [6.45, 7) is 4.04. The van der Waals surface area contributed by atoms with E-state index in [4.69, 9.17) is 4.42 Å². The number of furan rings is 1. The standard InChI is InChI=1S/C12H13NO/c1-8-2-3-9-10-4-5-13-7-12(10)14-11(9)6-8/h2-3,6,13H,4-5,7H2,1H3. The van der Waals surface area contributed by atoms with E-state index in [-0.39, 0.29) is 0 Å². The SMILES string of the molecule is Cc1ccc2c3c(oc2c1)CNCC3. The highest BCUT2D eigenvalue weighted by atomic mass is 16.3. The Balaban J connectivity index is 2.31. The van der Waals surface area contributed by atoms with E-state index in [2.05, 4.69) is 30.4 Å². The van der Waals surface area contributed by atoms with Crippen molar-refractivity contribution in [1.82, 2.24) is 5.32 Å². The molecule has 0 fully saturated rings. The fraction of sp³-hybridized carbons (Fsp3) is 0.333. The van der Waals surface area contributed by atoms with Gasteiger partial charge in [0.1, 0.15) is 11.3 Å². The topological polar surface area (TPSA) is 25.2 Å². The van der Waals surface area contributed by atoms with Gasteiger partial charge in [0.15, 0.2) is 0 Å². The smallest absolute Gasteiger partial charge is 0.134 e. The number of fused-ring (bicyclic) bond motifs is 3. The van der Waals surface area contributed by atoms with E-state index in [1.807, 2.05) is 0 Å². The minimum Gasteiger partial charge on any atom is -0.459 e. The van der Waals surface area contributed by atoms with Crippen LogP contribution in [0.5, 0.6) is 0 Å². The molecule has 72 valence electrons. The van der Waals surface area contributed by atoms with Crippen LogP contribution in [0.4, 0.5) is 0 Å². The minimum absolute atomic E-state index is 0.878. The molecular formula is C12H13NO. The van der Waals surface area contributed by atoms with E-state index in [1.165, 1.54) is 16.5 Å². The summed E-state index contributed by atoms with van der Waals surface area (Å²) in [6.07, 6.45) is 1.09. The number of nitrogens with one attached hydrogen (secondary N) is 1. The normalized spacial score (nSPS) is 15.8. The van der Waals surface area contributed by atoms with Gasteiger partial charge in [-0.15, -0.1) is 0 Å². The summed E-state index contributed by atoms with van der Waals surface area (Å²) < 4.78 is 5.81. The van der Waals surface area contributed by atoms with Crippen LogP contribution in [0.15, 0.2) is 22.6 Å². The van der Waals surface area contributed by atoms with Gasteiger partial charge in [0, 0.05) is 10.9 Å². The maximum absolute atomic E-state index is 5.81. The van der Waals surface area contributed by atoms with Crippen LogP contribution in [0.3, 0.4) is 0 Å². The number of benzene rings is 1. The quantitative estimate of drug-likeness (QED) is 0.685. The van der Waals surface area contributed by atoms with Gasteiger partial charge in [-0.3, -0.25) is 0 Å². The molecule has 1 aromatic carbocycles. The van der Waals surface area contributed by atoms with E-state index in [9.17, 15) is 0 Å². The second kappa shape index (κ2) is 2.85. The molecule has 3 rings (SSSR count). The first-order chi connectivity index (χ1) is 6.84. The summed E-state index contributed by atoms with van der Waals surface area (Å²) in [7, 11) is 0. The van der Waals surface area contributed by atoms with Crippen LogP contribution in [-0.2, 0) is 13.0 Å². The Labute approximate surface area is 82.9 Å². The predicted octanol–water partition coefficient (Wildman–Crippen LogP) is 2.39. The molecule has 2 nitrogen and oxygen atoms in total. The molecule has 1 aliphatic heterocycles. The molecule has 0 unspecified atom stereocenters. The maximum atomic E-state index is 5.81. The summed E-state index contributed by atoms with van der Waals surface area (Å²) in [6, 6.07) is 6.45. The number of hydrogen-bond donors (Lipinski definition) is 1. The highest BCUT2D eigenvalue weighted by molar-refractivity contribution is 5.83. The van der Waals surface area contributed by atoms with Crippen molar-refractivity contribution in [2.75, 3.05) is 6.54 Å². The summed E-state index contributed by atoms with van der Waals surface area (Å²) in [5.41, 5.74) is 3.70. The summed E-state index contributed by atoms with van der Waals surface area (Å²) >= 11 is 0. The Morgan fingerprint density at radius 3 is 3.21 bits per heavy atom. The van der Waals surface area contributed by atoms with E-state index in [1.54, 1.807) is 0 Å². The molecule has 0 atom stereocenters. The van der Waals surface area contributed by atoms with Gasteiger partial charge in [-0.05, 0) is 31.5 Å². The molecular weight excluding hydrogens is 174 g/mol. The fourth-order valence-electron chi connectivity index (χ4n) is 2.14. The third-order valence-electron chi connectivity index (χ3n) is 2.87. The maximum Gasteiger partial charge on any atom is 0.134 e. The van der Waals surface area contributed by atoms with Gasteiger partial charge in [0.25, 0.3) is 0 Å². The van der Waals surface area contributed by atoms with Gasteiger partial charge >= 0.3 is 0 Å². The van der Waals surface area contributed by atoms with Crippen molar-refractivity contribution in [2.24, 2.45) is 0 Å². The van der Waals surface area contributed by atoms with Crippen LogP contribution in [0.1, 0.15) is 16.9 Å². The molecule has 1 aliphatic rings. The monoisotopic (exact) mass is 187 g/mol. The second-order valence-corrected chi connectivity index (χ2v) is 3.93. The van der Waals surface area contributed by atoms with E-state index in [0.29, 0.717) is 0 Å². The molecule has 2 aromatic rings. The lowest BCUT2D eigenvalue weighted by atomic mass is 10.0. The van der Waals surface area contributed by atoms with Gasteiger partial charge in [-0.25, -0.2) is 0 Å². The van der Waals surface area contributed by atoms with Crippen LogP contribution in [0.25, 0.3) is 11.0 Å². The fourth-order valence-corrected chi connectivity index (χ4v) is 2.14. The first-order valence-corrected chi connectivity index (χ1v) is 5.06. The Bertz CT molecular complexity index is 484. The molecule has 0 spiro atoms. The van der Waals surface area contributed by atoms with Gasteiger partial charge in [0.05, 0.1) is 6.54 Å². The van der Waals surface area contributed by atoms with Gasteiger partial charge in [0.2, 0.25) is 0 Å². The summed E-state index contributed by atoms with van der Waals surface area (Å²) in [5, 5.41) is 4.62. The Hall–Kier alpha value is -1.28. The van der Waals surface area contributed by atoms with E-state index >= 15 is 0 Å². The highest BCUT2D eigenvalue weighted by Crippen LogP contribution is 2.28. The average Bonchev–Trinajstić information content (AvgIpc) is 2.54. The minimum atomic E-state index is 0.878. The Kier molecular flexibility index (Phi) is 1.64. The molecule has 0 radical (unpaired) electrons. The van der Waals surface area contributed by atoms with Gasteiger partial charge in [-0.1, -0.05) is 12.1 Å². The van der Waals surface area contributed by atoms with Crippen molar-refractivity contribution in [3.8, 4) is 0 Å². The van der Waals surface area contributed by atoms with Gasteiger partial charge < -0.3 is 9.73 Å². The van der Waals surface area contributed by atoms with Crippen LogP contribution >= 0.6 is 0 Å². The van der Waals surface area contributed by atoms with E-state index in [0.717, 1.165) is 30.9 Å². The van der Waals surface area contributed by atoms with Crippen LogP contribution in [0, 0.1) is 6.92 Å². The number of hydrogen-bond acceptors (Lipinski definition) is 2. The van der Waals surface area contributed by atoms with Crippen molar-refractivity contribution in [1.29, 1.82) is 0 Å². The van der Waals surface area contributed by atoms with Crippen molar-refractivity contribution in [3.05, 3.63) is 35.1 Å². The zero-order valence-corrected chi connectivity index (χ0v) is 8.26. The van der Waals surface area contributed by atoms with Crippen molar-refractivity contribution >= 4 is 11.0 Å². The third kappa shape index (κ3) is 1.07. The molecule has 0 saturated heterocycles. The molecule has 1 N–H and O–H groups in total. The molecule has 0 amide bonds. The molecule has 2 heteroatoms. The van der Waals surface area contributed by atoms with Crippen LogP contribution in [0.2, 0.25) is 0 Å². The molecule has 2 heterocycles. The number of aryl methyl sites for hydroxylation is 1. The lowest BCUT2D eigenvalue weighted by Gasteiger charge is -2.10. The molecule has 0 saturated carbocycles. The highest BCUT2D eigenvalue weighted by Gasteiger charge is 2.16. The predicted molar refractivity (Wildman–Crippen MR) is 56.4 cm³/mol. The zero-order valence-electron chi connectivity index (χ0n) is 8.26. The molecule has 1 aromatic heterocycles. The van der Waals surface area contributed by atoms with E-state index < -0.39 is 0 Å². The average molecular weight is 187 g/mol. The van der Waals surface area contributed by atoms with Crippen LogP contribution < -0.4 is 5.32 Å². The van der Waals surface area contributed by atoms with Gasteiger partial charge in [-0.2, -0.15) is 0 Å². The largest absolute Gasteiger partial charge is 0.459 e. The second-order valence-electron chi connectivity index (χ2n) is 3.93. The van der Waals surface area contributed by atoms with Crippen molar-refractivity contribution in [2.45, 2.75) is 19.9 Å². The van der Waals surface area contributed by atoms with Crippen LogP contribution in [-0.4, -0.2) is 6.54 Å². The first-order valence-electron chi connectivity index (χ1n) is 5.06. The molecule has 0 aliphatic carbocycles. The lowest BCUT2D eigenvalue weighted by Crippen LogP contribution is -2.22. The third-order valence-corrected chi connectivity index (χ3v) is 2.87. The molecule has 14 heavy (non-hydrogen) atoms. The number of rotatable bonds is 0. The summed E-state index contributed by atoms with van der Waals surface area (Å²) in [5.74, 6) is 1.12. The summed E-state index contributed by atoms with van der Waals surface area (Å²) in [4.78, 5) is 0. The van der Waals surface area contributed by atoms with Crippen molar-refractivity contribution in [3.63, 3.8) is 0 Å². The zero-order chi connectivity index (χ0) is 9.54.